The summed E-state index contributed by atoms with van der Waals surface area (Å²) in [5.74, 6) is 0.195. The number of thioether (sulfide) groups is 1. The highest BCUT2D eigenvalue weighted by atomic mass is 32.2. The lowest BCUT2D eigenvalue weighted by atomic mass is 10.0. The Morgan fingerprint density at radius 3 is 2.67 bits per heavy atom. The molecule has 1 aromatic carbocycles. The monoisotopic (exact) mass is 350 g/mol. The van der Waals surface area contributed by atoms with Crippen molar-refractivity contribution in [3.05, 3.63) is 35.2 Å². The fourth-order valence-electron chi connectivity index (χ4n) is 2.53. The van der Waals surface area contributed by atoms with Crippen molar-refractivity contribution < 1.29 is 14.3 Å². The van der Waals surface area contributed by atoms with Gasteiger partial charge in [-0.15, -0.1) is 11.8 Å². The molecule has 7 nitrogen and oxygen atoms in total. The van der Waals surface area contributed by atoms with Crippen LogP contribution in [0.3, 0.4) is 0 Å². The highest BCUT2D eigenvalue weighted by molar-refractivity contribution is 7.98. The molecule has 0 atom stereocenters. The van der Waals surface area contributed by atoms with E-state index in [0.717, 1.165) is 16.0 Å². The first kappa shape index (κ1) is 18.4. The quantitative estimate of drug-likeness (QED) is 0.854. The molecule has 1 N–H and O–H groups in total. The van der Waals surface area contributed by atoms with Gasteiger partial charge in [-0.25, -0.2) is 4.68 Å². The topological polar surface area (TPSA) is 78.3 Å². The number of nitrogens with zero attached hydrogens (tertiary/aromatic N) is 3. The summed E-state index contributed by atoms with van der Waals surface area (Å²) in [5, 5.41) is 6.71. The third kappa shape index (κ3) is 3.45. The number of aromatic nitrogens is 3. The molecule has 0 aliphatic carbocycles. The summed E-state index contributed by atoms with van der Waals surface area (Å²) in [5.41, 5.74) is 2.45. The summed E-state index contributed by atoms with van der Waals surface area (Å²) >= 11 is 1.58. The molecule has 0 saturated carbocycles. The van der Waals surface area contributed by atoms with Gasteiger partial charge in [-0.1, -0.05) is 13.5 Å². The fraction of sp³-hybridized carbons (Fsp3) is 0.438. The Bertz CT molecular complexity index is 726. The van der Waals surface area contributed by atoms with Gasteiger partial charge < -0.3 is 9.47 Å². The highest BCUT2D eigenvalue weighted by Gasteiger charge is 2.24. The van der Waals surface area contributed by atoms with E-state index in [1.54, 1.807) is 24.9 Å². The summed E-state index contributed by atoms with van der Waals surface area (Å²) < 4.78 is 12.7. The van der Waals surface area contributed by atoms with Gasteiger partial charge in [-0.2, -0.15) is 10.1 Å². The van der Waals surface area contributed by atoms with Crippen LogP contribution in [0.15, 0.2) is 23.4 Å². The number of carbonyl (C=O) groups is 1. The van der Waals surface area contributed by atoms with Crippen molar-refractivity contribution in [3.8, 4) is 0 Å². The summed E-state index contributed by atoms with van der Waals surface area (Å²) in [4.78, 5) is 17.5. The smallest absolute Gasteiger partial charge is 0.258 e. The number of ether oxygens (including phenoxy) is 2. The van der Waals surface area contributed by atoms with Gasteiger partial charge in [0.05, 0.1) is 13.2 Å². The lowest BCUT2D eigenvalue weighted by Crippen LogP contribution is -2.17. The number of anilines is 1. The van der Waals surface area contributed by atoms with E-state index in [0.29, 0.717) is 24.7 Å². The van der Waals surface area contributed by atoms with Gasteiger partial charge in [0.25, 0.3) is 5.91 Å². The van der Waals surface area contributed by atoms with Crippen LogP contribution < -0.4 is 5.32 Å². The largest absolute Gasteiger partial charge is 0.346 e. The first-order chi connectivity index (χ1) is 11.1. The zero-order chi connectivity index (χ0) is 16.4. The molecule has 8 heteroatoms. The van der Waals surface area contributed by atoms with Crippen molar-refractivity contribution in [2.24, 2.45) is 7.05 Å². The second-order valence-electron chi connectivity index (χ2n) is 5.10. The van der Waals surface area contributed by atoms with Crippen molar-refractivity contribution >= 4 is 23.6 Å². The second-order valence-corrected chi connectivity index (χ2v) is 5.91. The van der Waals surface area contributed by atoms with Crippen molar-refractivity contribution in [1.29, 1.82) is 0 Å². The summed E-state index contributed by atoms with van der Waals surface area (Å²) in [6.45, 7) is 3.10. The van der Waals surface area contributed by atoms with E-state index in [1.807, 2.05) is 19.2 Å². The van der Waals surface area contributed by atoms with Crippen molar-refractivity contribution in [1.82, 2.24) is 14.8 Å². The lowest BCUT2D eigenvalue weighted by Gasteiger charge is -2.17. The molecule has 1 amide bonds. The zero-order valence-electron chi connectivity index (χ0n) is 13.2. The summed E-state index contributed by atoms with van der Waals surface area (Å²) in [7, 11) is 1.72. The molecule has 1 aromatic heterocycles. The first-order valence-corrected chi connectivity index (χ1v) is 8.40. The van der Waals surface area contributed by atoms with Crippen LogP contribution in [0, 0.1) is 6.92 Å². The molecule has 3 rings (SSSR count). The maximum absolute atomic E-state index is 12.5. The van der Waals surface area contributed by atoms with Gasteiger partial charge in [-0.05, 0) is 24.8 Å². The van der Waals surface area contributed by atoms with Crippen LogP contribution in [0.4, 0.5) is 5.95 Å². The van der Waals surface area contributed by atoms with E-state index < -0.39 is 0 Å². The van der Waals surface area contributed by atoms with E-state index in [2.05, 4.69) is 15.4 Å². The third-order valence-corrected chi connectivity index (χ3v) is 4.65. The van der Waals surface area contributed by atoms with Crippen LogP contribution in [0.1, 0.15) is 35.2 Å². The number of rotatable bonds is 4. The molecule has 0 spiro atoms. The Labute approximate surface area is 145 Å². The average molecular weight is 350 g/mol. The number of hydrogen-bond donors (Lipinski definition) is 1. The van der Waals surface area contributed by atoms with Gasteiger partial charge in [-0.3, -0.25) is 10.1 Å². The molecule has 1 fully saturated rings. The van der Waals surface area contributed by atoms with Gasteiger partial charge >= 0.3 is 0 Å². The predicted molar refractivity (Wildman–Crippen MR) is 93.3 cm³/mol. The van der Waals surface area contributed by atoms with Gasteiger partial charge in [0, 0.05) is 23.1 Å². The first-order valence-electron chi connectivity index (χ1n) is 7.18. The average Bonchev–Trinajstić information content (AvgIpc) is 3.19. The highest BCUT2D eigenvalue weighted by Crippen LogP contribution is 2.35. The molecule has 0 radical (unpaired) electrons. The van der Waals surface area contributed by atoms with Crippen LogP contribution in [0.2, 0.25) is 0 Å². The van der Waals surface area contributed by atoms with E-state index >= 15 is 0 Å². The molecule has 1 saturated heterocycles. The molecule has 1 aliphatic heterocycles. The van der Waals surface area contributed by atoms with Gasteiger partial charge in [0.1, 0.15) is 6.33 Å². The van der Waals surface area contributed by atoms with Crippen molar-refractivity contribution in [2.75, 3.05) is 24.8 Å². The molecule has 2 aromatic rings. The molecule has 24 heavy (non-hydrogen) atoms. The number of aryl methyl sites for hydroxylation is 1. The maximum atomic E-state index is 12.5. The Balaban J connectivity index is 0.00000208. The second kappa shape index (κ2) is 7.78. The van der Waals surface area contributed by atoms with E-state index in [1.165, 1.54) is 11.0 Å². The maximum Gasteiger partial charge on any atom is 0.258 e. The number of carbonyl (C=O) groups excluding carboxylic acids is 1. The Kier molecular flexibility index (Phi) is 5.98. The molecule has 2 heterocycles. The molecule has 130 valence electrons. The number of nitrogens with one attached hydrogen (secondary N) is 1. The van der Waals surface area contributed by atoms with Crippen LogP contribution in [-0.4, -0.2) is 40.1 Å². The third-order valence-electron chi connectivity index (χ3n) is 3.70. The fourth-order valence-corrected chi connectivity index (χ4v) is 3.35. The molecular formula is C16H22N4O3S. The Hall–Kier alpha value is -1.90. The Morgan fingerprint density at radius 1 is 1.38 bits per heavy atom. The standard InChI is InChI=1S/C15H18N4O3S.CH4/c1-9-10(13(20)18-15-16-8-17-19(15)2)4-5-11(12(9)23-3)14-21-6-7-22-14;/h4-5,8,14H,6-7H2,1-3H3,(H,16,17,18,20);1H4. The van der Waals surface area contributed by atoms with Crippen molar-refractivity contribution in [3.63, 3.8) is 0 Å². The summed E-state index contributed by atoms with van der Waals surface area (Å²) in [6.07, 6.45) is 3.02. The van der Waals surface area contributed by atoms with E-state index in [9.17, 15) is 4.79 Å². The normalized spacial score (nSPS) is 14.5. The number of benzene rings is 1. The number of amides is 1. The molecule has 1 aliphatic rings. The zero-order valence-corrected chi connectivity index (χ0v) is 14.0. The van der Waals surface area contributed by atoms with Crippen molar-refractivity contribution in [2.45, 2.75) is 25.5 Å². The SMILES string of the molecule is C.CSc1c(C2OCCO2)ccc(C(=O)Nc2ncnn2C)c1C. The van der Waals surface area contributed by atoms with E-state index in [-0.39, 0.29) is 19.6 Å². The van der Waals surface area contributed by atoms with Crippen LogP contribution >= 0.6 is 11.8 Å². The molecule has 0 bridgehead atoms. The van der Waals surface area contributed by atoms with Crippen LogP contribution in [-0.2, 0) is 16.5 Å². The molecule has 0 unspecified atom stereocenters. The predicted octanol–water partition coefficient (Wildman–Crippen LogP) is 2.78. The lowest BCUT2D eigenvalue weighted by molar-refractivity contribution is -0.0460. The molecular weight excluding hydrogens is 328 g/mol. The number of hydrogen-bond acceptors (Lipinski definition) is 6. The minimum absolute atomic E-state index is 0. The van der Waals surface area contributed by atoms with Crippen LogP contribution in [0.25, 0.3) is 0 Å². The minimum atomic E-state index is -0.355. The minimum Gasteiger partial charge on any atom is -0.346 e. The van der Waals surface area contributed by atoms with Gasteiger partial charge in [0.2, 0.25) is 5.95 Å². The van der Waals surface area contributed by atoms with Crippen LogP contribution in [0.5, 0.6) is 0 Å². The summed E-state index contributed by atoms with van der Waals surface area (Å²) in [6, 6.07) is 3.68. The van der Waals surface area contributed by atoms with E-state index in [4.69, 9.17) is 9.47 Å². The van der Waals surface area contributed by atoms with Gasteiger partial charge in [0.15, 0.2) is 6.29 Å². The Morgan fingerprint density at radius 2 is 2.08 bits per heavy atom.